The summed E-state index contributed by atoms with van der Waals surface area (Å²) in [6.07, 6.45) is 1.45. The SMILES string of the molecule is O=C(Nc1ccc(F)c(C#CCO)c1)c1cncs1. The molecule has 0 aliphatic carbocycles. The number of hydrogen-bond donors (Lipinski definition) is 2. The fraction of sp³-hybridized carbons (Fsp3) is 0.0769. The molecule has 0 spiro atoms. The van der Waals surface area contributed by atoms with Crippen LogP contribution in [-0.2, 0) is 0 Å². The Hall–Kier alpha value is -2.23. The Morgan fingerprint density at radius 3 is 3.05 bits per heavy atom. The molecule has 2 aromatic rings. The Bertz CT molecular complexity index is 644. The van der Waals surface area contributed by atoms with Crippen LogP contribution < -0.4 is 5.32 Å². The molecule has 2 rings (SSSR count). The van der Waals surface area contributed by atoms with Crippen molar-refractivity contribution in [3.05, 3.63) is 46.2 Å². The van der Waals surface area contributed by atoms with Gasteiger partial charge in [-0.25, -0.2) is 4.39 Å². The van der Waals surface area contributed by atoms with Gasteiger partial charge in [-0.3, -0.25) is 9.78 Å². The Balaban J connectivity index is 2.19. The smallest absolute Gasteiger partial charge is 0.267 e. The highest BCUT2D eigenvalue weighted by Crippen LogP contribution is 2.16. The highest BCUT2D eigenvalue weighted by atomic mass is 32.1. The minimum Gasteiger partial charge on any atom is -0.384 e. The van der Waals surface area contributed by atoms with Gasteiger partial charge in [0, 0.05) is 5.69 Å². The maximum absolute atomic E-state index is 13.4. The zero-order valence-corrected chi connectivity index (χ0v) is 10.5. The molecular formula is C13H9FN2O2S. The summed E-state index contributed by atoms with van der Waals surface area (Å²) in [4.78, 5) is 16.0. The molecule has 96 valence electrons. The quantitative estimate of drug-likeness (QED) is 0.823. The zero-order chi connectivity index (χ0) is 13.7. The summed E-state index contributed by atoms with van der Waals surface area (Å²) in [5.74, 6) is 4.02. The van der Waals surface area contributed by atoms with Crippen LogP contribution in [0.15, 0.2) is 29.9 Å². The predicted octanol–water partition coefficient (Wildman–Crippen LogP) is 1.88. The summed E-state index contributed by atoms with van der Waals surface area (Å²) in [5, 5.41) is 11.2. The fourth-order valence-electron chi connectivity index (χ4n) is 1.35. The first-order valence-electron chi connectivity index (χ1n) is 5.30. The van der Waals surface area contributed by atoms with Gasteiger partial charge < -0.3 is 10.4 Å². The molecule has 6 heteroatoms. The molecular weight excluding hydrogens is 267 g/mol. The first-order chi connectivity index (χ1) is 9.20. The number of anilines is 1. The van der Waals surface area contributed by atoms with Crippen molar-refractivity contribution >= 4 is 22.9 Å². The van der Waals surface area contributed by atoms with Gasteiger partial charge >= 0.3 is 0 Å². The van der Waals surface area contributed by atoms with Gasteiger partial charge in [-0.2, -0.15) is 0 Å². The lowest BCUT2D eigenvalue weighted by Gasteiger charge is -2.04. The number of benzene rings is 1. The molecule has 1 heterocycles. The van der Waals surface area contributed by atoms with Crippen LogP contribution in [0.1, 0.15) is 15.2 Å². The van der Waals surface area contributed by atoms with Crippen molar-refractivity contribution in [3.8, 4) is 11.8 Å². The van der Waals surface area contributed by atoms with E-state index in [4.69, 9.17) is 5.11 Å². The second-order valence-corrected chi connectivity index (χ2v) is 4.36. The van der Waals surface area contributed by atoms with Crippen LogP contribution in [0, 0.1) is 17.7 Å². The molecule has 0 saturated carbocycles. The number of aliphatic hydroxyl groups is 1. The van der Waals surface area contributed by atoms with Crippen molar-refractivity contribution in [1.82, 2.24) is 4.98 Å². The maximum atomic E-state index is 13.4. The Morgan fingerprint density at radius 1 is 1.53 bits per heavy atom. The molecule has 2 N–H and O–H groups in total. The molecule has 1 amide bonds. The summed E-state index contributed by atoms with van der Waals surface area (Å²) in [6.45, 7) is -0.350. The van der Waals surface area contributed by atoms with Crippen LogP contribution in [0.2, 0.25) is 0 Å². The highest BCUT2D eigenvalue weighted by molar-refractivity contribution is 7.11. The minimum absolute atomic E-state index is 0.121. The number of rotatable bonds is 2. The molecule has 19 heavy (non-hydrogen) atoms. The van der Waals surface area contributed by atoms with E-state index in [0.29, 0.717) is 10.6 Å². The van der Waals surface area contributed by atoms with Gasteiger partial charge in [0.1, 0.15) is 17.3 Å². The number of hydrogen-bond acceptors (Lipinski definition) is 4. The molecule has 0 aliphatic rings. The van der Waals surface area contributed by atoms with Crippen molar-refractivity contribution in [2.24, 2.45) is 0 Å². The fourth-order valence-corrected chi connectivity index (χ4v) is 1.87. The Kier molecular flexibility index (Phi) is 4.23. The number of thiazole rings is 1. The Labute approximate surface area is 112 Å². The molecule has 4 nitrogen and oxygen atoms in total. The van der Waals surface area contributed by atoms with Crippen molar-refractivity contribution in [3.63, 3.8) is 0 Å². The molecule has 0 aliphatic heterocycles. The van der Waals surface area contributed by atoms with E-state index in [-0.39, 0.29) is 18.1 Å². The van der Waals surface area contributed by atoms with E-state index in [1.807, 2.05) is 0 Å². The summed E-state index contributed by atoms with van der Waals surface area (Å²) in [7, 11) is 0. The standard InChI is InChI=1S/C13H9FN2O2S/c14-11-4-3-10(6-9(11)2-1-5-17)16-13(18)12-7-15-8-19-12/h3-4,6-8,17H,5H2,(H,16,18). The number of halogens is 1. The number of nitrogens with zero attached hydrogens (tertiary/aromatic N) is 1. The lowest BCUT2D eigenvalue weighted by Crippen LogP contribution is -2.10. The number of amides is 1. The summed E-state index contributed by atoms with van der Waals surface area (Å²) in [5.41, 5.74) is 2.11. The molecule has 0 radical (unpaired) electrons. The van der Waals surface area contributed by atoms with Gasteiger partial charge in [-0.1, -0.05) is 11.8 Å². The first-order valence-corrected chi connectivity index (χ1v) is 6.18. The zero-order valence-electron chi connectivity index (χ0n) is 9.68. The summed E-state index contributed by atoms with van der Waals surface area (Å²) in [6, 6.07) is 4.07. The normalized spacial score (nSPS) is 9.58. The van der Waals surface area contributed by atoms with Gasteiger partial charge in [0.05, 0.1) is 17.3 Å². The van der Waals surface area contributed by atoms with E-state index in [1.165, 1.54) is 35.7 Å². The number of aliphatic hydroxyl groups excluding tert-OH is 1. The first kappa shape index (κ1) is 13.2. The molecule has 0 bridgehead atoms. The van der Waals surface area contributed by atoms with Crippen LogP contribution in [0.3, 0.4) is 0 Å². The lowest BCUT2D eigenvalue weighted by molar-refractivity contribution is 0.103. The van der Waals surface area contributed by atoms with Crippen LogP contribution in [0.5, 0.6) is 0 Å². The molecule has 0 unspecified atom stereocenters. The second kappa shape index (κ2) is 6.09. The predicted molar refractivity (Wildman–Crippen MR) is 70.4 cm³/mol. The van der Waals surface area contributed by atoms with Crippen molar-refractivity contribution in [1.29, 1.82) is 0 Å². The number of nitrogens with one attached hydrogen (secondary N) is 1. The number of aromatic nitrogens is 1. The van der Waals surface area contributed by atoms with Gasteiger partial charge in [0.2, 0.25) is 0 Å². The van der Waals surface area contributed by atoms with E-state index >= 15 is 0 Å². The maximum Gasteiger partial charge on any atom is 0.267 e. The molecule has 1 aromatic heterocycles. The molecule has 0 atom stereocenters. The van der Waals surface area contributed by atoms with Gasteiger partial charge in [-0.15, -0.1) is 11.3 Å². The molecule has 1 aromatic carbocycles. The molecule has 0 saturated heterocycles. The van der Waals surface area contributed by atoms with Crippen LogP contribution in [0.4, 0.5) is 10.1 Å². The topological polar surface area (TPSA) is 62.2 Å². The third-order valence-electron chi connectivity index (χ3n) is 2.18. The van der Waals surface area contributed by atoms with E-state index in [2.05, 4.69) is 22.1 Å². The monoisotopic (exact) mass is 276 g/mol. The van der Waals surface area contributed by atoms with Crippen LogP contribution in [-0.4, -0.2) is 22.6 Å². The third-order valence-corrected chi connectivity index (χ3v) is 2.95. The lowest BCUT2D eigenvalue weighted by atomic mass is 10.2. The van der Waals surface area contributed by atoms with E-state index < -0.39 is 5.82 Å². The second-order valence-electron chi connectivity index (χ2n) is 3.47. The van der Waals surface area contributed by atoms with Gasteiger partial charge in [0.25, 0.3) is 5.91 Å². The van der Waals surface area contributed by atoms with Gasteiger partial charge in [0.15, 0.2) is 0 Å². The third kappa shape index (κ3) is 3.37. The van der Waals surface area contributed by atoms with Crippen LogP contribution >= 0.6 is 11.3 Å². The largest absolute Gasteiger partial charge is 0.384 e. The van der Waals surface area contributed by atoms with E-state index in [1.54, 1.807) is 5.51 Å². The highest BCUT2D eigenvalue weighted by Gasteiger charge is 2.08. The average Bonchev–Trinajstić information content (AvgIpc) is 2.93. The van der Waals surface area contributed by atoms with E-state index in [0.717, 1.165) is 0 Å². The van der Waals surface area contributed by atoms with E-state index in [9.17, 15) is 9.18 Å². The Morgan fingerprint density at radius 2 is 2.37 bits per heavy atom. The van der Waals surface area contributed by atoms with Crippen molar-refractivity contribution in [2.45, 2.75) is 0 Å². The summed E-state index contributed by atoms with van der Waals surface area (Å²) < 4.78 is 13.4. The number of carbonyl (C=O) groups is 1. The van der Waals surface area contributed by atoms with Crippen molar-refractivity contribution < 1.29 is 14.3 Å². The van der Waals surface area contributed by atoms with Gasteiger partial charge in [-0.05, 0) is 18.2 Å². The minimum atomic E-state index is -0.503. The molecule has 0 fully saturated rings. The number of carbonyl (C=O) groups excluding carboxylic acids is 1. The summed E-state index contributed by atoms with van der Waals surface area (Å²) >= 11 is 1.21. The van der Waals surface area contributed by atoms with Crippen LogP contribution in [0.25, 0.3) is 0 Å². The van der Waals surface area contributed by atoms with Crippen molar-refractivity contribution in [2.75, 3.05) is 11.9 Å². The average molecular weight is 276 g/mol.